The molecule has 10 rings (SSSR count). The van der Waals surface area contributed by atoms with Gasteiger partial charge in [-0.3, -0.25) is 4.79 Å². The number of carboxylic acids is 1. The molecule has 5 aliphatic heterocycles. The lowest BCUT2D eigenvalue weighted by Gasteiger charge is -2.71. The Morgan fingerprint density at radius 1 is 0.536 bits per heavy atom. The summed E-state index contributed by atoms with van der Waals surface area (Å²) in [4.78, 5) is 27.7. The fourth-order valence-corrected chi connectivity index (χ4v) is 17.4. The van der Waals surface area contributed by atoms with E-state index in [1.165, 1.54) is 13.8 Å². The zero-order chi connectivity index (χ0) is 61.5. The van der Waals surface area contributed by atoms with E-state index >= 15 is 4.79 Å². The van der Waals surface area contributed by atoms with E-state index in [0.717, 1.165) is 18.4 Å². The van der Waals surface area contributed by atoms with Gasteiger partial charge in [0.25, 0.3) is 0 Å². The molecule has 0 radical (unpaired) electrons. The van der Waals surface area contributed by atoms with Gasteiger partial charge in [-0.2, -0.15) is 0 Å². The van der Waals surface area contributed by atoms with Gasteiger partial charge in [-0.1, -0.05) is 60.1 Å². The molecule has 0 aromatic heterocycles. The highest BCUT2D eigenvalue weighted by atomic mass is 16.8. The molecule has 0 aromatic rings. The first-order chi connectivity index (χ1) is 39.1. The minimum Gasteiger partial charge on any atom is -0.479 e. The number of carboxylic acid groups (broad SMARTS) is 1. The Kier molecular flexibility index (Phi) is 17.9. The predicted molar refractivity (Wildman–Crippen MR) is 283 cm³/mol. The summed E-state index contributed by atoms with van der Waals surface area (Å²) in [5.41, 5.74) is -2.80. The van der Waals surface area contributed by atoms with Crippen LogP contribution in [0.5, 0.6) is 0 Å². The summed E-state index contributed by atoms with van der Waals surface area (Å²) in [6.45, 7) is 17.1. The fraction of sp³-hybridized carbons (Fsp3) is 0.931. The van der Waals surface area contributed by atoms with Gasteiger partial charge < -0.3 is 119 Å². The van der Waals surface area contributed by atoms with Gasteiger partial charge in [0.1, 0.15) is 90.9 Å². The van der Waals surface area contributed by atoms with Crippen LogP contribution in [-0.2, 0) is 57.0 Å². The molecule has 10 aliphatic rings. The number of hydrogen-bond donors (Lipinski definition) is 14. The van der Waals surface area contributed by atoms with E-state index in [4.69, 9.17) is 47.4 Å². The van der Waals surface area contributed by atoms with Crippen LogP contribution in [0, 0.1) is 50.2 Å². The van der Waals surface area contributed by atoms with Crippen molar-refractivity contribution in [3.05, 3.63) is 11.6 Å². The van der Waals surface area contributed by atoms with Gasteiger partial charge in [0.05, 0.1) is 37.6 Å². The minimum absolute atomic E-state index is 0.0467. The predicted octanol–water partition coefficient (Wildman–Crippen LogP) is -1.81. The van der Waals surface area contributed by atoms with Crippen LogP contribution in [0.4, 0.5) is 0 Å². The smallest absolute Gasteiger partial charge is 0.335 e. The Morgan fingerprint density at radius 2 is 1.11 bits per heavy atom. The number of esters is 1. The summed E-state index contributed by atoms with van der Waals surface area (Å²) < 4.78 is 60.2. The first kappa shape index (κ1) is 64.8. The summed E-state index contributed by atoms with van der Waals surface area (Å²) in [6.07, 6.45) is -33.2. The Balaban J connectivity index is 0.929. The molecule has 0 aromatic carbocycles. The SMILES string of the molecule is C[C@@H]1O[C@@H](O[C@@H]2[C@@H](O[C@@H]3O[C@@H](C)[C@H](O[C@@H]4OC[C@@H](O)[C@H](O)[C@H]4O)[C@@H](O)[C@H]3O)[C@H](OC(=O)[C@]34CCC(C)(C)C[C@H]3C3=CC[C@@H]5[C@@]6(C)CC[C@H](O[C@@H]7O[C@H](C(=O)O)[C@@H](O)[C@H](O)[C@H]7O)C(C)(C)[C@@H]6CC[C@@]5(C)[C@]3(C)C[C@H]4O)OC[C@H]2O)[C@H](O)[C@H](O)[C@H]1O. The molecular weight excluding hydrogens is 1110 g/mol. The number of ether oxygens (including phenoxy) is 10. The number of aliphatic hydroxyl groups excluding tert-OH is 13. The third kappa shape index (κ3) is 10.5. The molecule has 0 unspecified atom stereocenters. The summed E-state index contributed by atoms with van der Waals surface area (Å²) in [5.74, 6) is -2.79. The first-order valence-electron chi connectivity index (χ1n) is 30.0. The number of rotatable bonds is 11. The van der Waals surface area contributed by atoms with Gasteiger partial charge in [-0.15, -0.1) is 0 Å². The van der Waals surface area contributed by atoms with E-state index in [-0.39, 0.29) is 35.5 Å². The van der Waals surface area contributed by atoms with E-state index in [9.17, 15) is 76.3 Å². The molecule has 480 valence electrons. The van der Waals surface area contributed by atoms with Crippen LogP contribution in [0.2, 0.25) is 0 Å². The second kappa shape index (κ2) is 23.2. The number of hydrogen-bond acceptors (Lipinski definition) is 25. The Labute approximate surface area is 487 Å². The molecule has 9 fully saturated rings. The van der Waals surface area contributed by atoms with Crippen molar-refractivity contribution in [2.45, 2.75) is 274 Å². The maximum Gasteiger partial charge on any atom is 0.335 e. The zero-order valence-electron chi connectivity index (χ0n) is 49.2. The van der Waals surface area contributed by atoms with Crippen LogP contribution in [0.15, 0.2) is 11.6 Å². The van der Waals surface area contributed by atoms with E-state index in [0.29, 0.717) is 32.1 Å². The van der Waals surface area contributed by atoms with Crippen LogP contribution >= 0.6 is 0 Å². The highest BCUT2D eigenvalue weighted by Crippen LogP contribution is 2.76. The maximum absolute atomic E-state index is 15.8. The molecule has 5 heterocycles. The van der Waals surface area contributed by atoms with E-state index in [1.807, 2.05) is 0 Å². The average Bonchev–Trinajstić information content (AvgIpc) is 2.61. The highest BCUT2D eigenvalue weighted by molar-refractivity contribution is 5.80. The van der Waals surface area contributed by atoms with Gasteiger partial charge in [-0.05, 0) is 116 Å². The van der Waals surface area contributed by atoms with Crippen molar-refractivity contribution < 1.29 is 128 Å². The molecule has 14 N–H and O–H groups in total. The lowest BCUT2D eigenvalue weighted by molar-refractivity contribution is -0.384. The Hall–Kier alpha value is -2.20. The molecular formula is C58H92O26. The van der Waals surface area contributed by atoms with Crippen molar-refractivity contribution in [2.24, 2.45) is 50.2 Å². The monoisotopic (exact) mass is 1200 g/mol. The van der Waals surface area contributed by atoms with E-state index in [1.54, 1.807) is 0 Å². The molecule has 32 atom stereocenters. The van der Waals surface area contributed by atoms with Crippen LogP contribution in [-0.4, -0.2) is 250 Å². The number of allylic oxidation sites excluding steroid dienone is 2. The highest BCUT2D eigenvalue weighted by Gasteiger charge is 2.72. The van der Waals surface area contributed by atoms with Crippen LogP contribution in [0.1, 0.15) is 120 Å². The minimum atomic E-state index is -1.99. The summed E-state index contributed by atoms with van der Waals surface area (Å²) >= 11 is 0. The summed E-state index contributed by atoms with van der Waals surface area (Å²) in [7, 11) is 0. The number of aliphatic carboxylic acids is 1. The number of fused-ring (bicyclic) bond motifs is 7. The summed E-state index contributed by atoms with van der Waals surface area (Å²) in [6, 6.07) is 0. The Morgan fingerprint density at radius 3 is 1.77 bits per heavy atom. The molecule has 5 aliphatic carbocycles. The zero-order valence-corrected chi connectivity index (χ0v) is 49.2. The van der Waals surface area contributed by atoms with Gasteiger partial charge in [0.15, 0.2) is 37.4 Å². The Bertz CT molecular complexity index is 2410. The van der Waals surface area contributed by atoms with Crippen molar-refractivity contribution >= 4 is 11.9 Å². The van der Waals surface area contributed by atoms with Crippen LogP contribution in [0.3, 0.4) is 0 Å². The van der Waals surface area contributed by atoms with Gasteiger partial charge in [0, 0.05) is 0 Å². The molecule has 5 saturated heterocycles. The van der Waals surface area contributed by atoms with Crippen molar-refractivity contribution in [1.82, 2.24) is 0 Å². The van der Waals surface area contributed by atoms with Gasteiger partial charge in [0.2, 0.25) is 6.29 Å². The van der Waals surface area contributed by atoms with Crippen LogP contribution < -0.4 is 0 Å². The third-order valence-electron chi connectivity index (χ3n) is 22.7. The molecule has 0 spiro atoms. The lowest BCUT2D eigenvalue weighted by atomic mass is 9.33. The average molecular weight is 1210 g/mol. The van der Waals surface area contributed by atoms with Crippen molar-refractivity contribution in [3.63, 3.8) is 0 Å². The number of carbonyl (C=O) groups is 2. The second-order valence-corrected chi connectivity index (χ2v) is 28.3. The van der Waals surface area contributed by atoms with Gasteiger partial charge in [-0.25, -0.2) is 4.79 Å². The molecule has 4 saturated carbocycles. The number of aliphatic hydroxyl groups is 13. The largest absolute Gasteiger partial charge is 0.479 e. The van der Waals surface area contributed by atoms with Crippen LogP contribution in [0.25, 0.3) is 0 Å². The first-order valence-corrected chi connectivity index (χ1v) is 30.0. The van der Waals surface area contributed by atoms with Crippen molar-refractivity contribution in [2.75, 3.05) is 13.2 Å². The lowest BCUT2D eigenvalue weighted by Crippen LogP contribution is -2.68. The normalized spacial score (nSPS) is 54.6. The molecule has 0 bridgehead atoms. The third-order valence-corrected chi connectivity index (χ3v) is 22.7. The van der Waals surface area contributed by atoms with Crippen molar-refractivity contribution in [3.8, 4) is 0 Å². The van der Waals surface area contributed by atoms with Crippen molar-refractivity contribution in [1.29, 1.82) is 0 Å². The quantitative estimate of drug-likeness (QED) is 0.0616. The molecule has 0 amide bonds. The summed E-state index contributed by atoms with van der Waals surface area (Å²) in [5, 5.41) is 153. The molecule has 26 nitrogen and oxygen atoms in total. The topological polar surface area (TPSA) is 410 Å². The van der Waals surface area contributed by atoms with E-state index in [2.05, 4.69) is 54.5 Å². The standard InChI is InChI=1S/C58H92O26/c1-22-32(62)34(64)39(69)48(77-22)81-43-27(60)21-76-51(45(43)83-49-41(71)37(67)42(23(2)78-49)80-47-38(68)33(63)26(59)20-75-47)84-52(74)58-17-16-53(3,4)18-25(58)24-10-11-29-55(7)14-13-31(79-50-40(70)35(65)36(66)44(82-50)46(72)73)54(5,6)28(55)12-15-56(29,8)57(24,9)19-30(58)61/h10,22-23,25-45,47-51,59-71H,11-21H2,1-9H3,(H,72,73)/t22-,23-,25-,26+,27+,28-,29+,30+,31-,32-,33-,34+,35-,36-,37-,38+,39+,40+,41+,42-,43-,44-,45+,47-,48-,49-,50+,51-,55-,56+,57+,58+/m0/s1. The van der Waals surface area contributed by atoms with E-state index < -0.39 is 206 Å². The van der Waals surface area contributed by atoms with Gasteiger partial charge >= 0.3 is 11.9 Å². The maximum atomic E-state index is 15.8. The fourth-order valence-electron chi connectivity index (χ4n) is 17.4. The molecule has 26 heteroatoms. The molecule has 84 heavy (non-hydrogen) atoms. The second-order valence-electron chi connectivity index (χ2n) is 28.3. The number of carbonyl (C=O) groups excluding carboxylic acids is 1.